The lowest BCUT2D eigenvalue weighted by molar-refractivity contribution is -0.138. The first-order valence-corrected chi connectivity index (χ1v) is 14.4. The molecule has 0 amide bonds. The van der Waals surface area contributed by atoms with Crippen LogP contribution in [0.15, 0.2) is 66.7 Å². The van der Waals surface area contributed by atoms with Crippen LogP contribution in [0.2, 0.25) is 0 Å². The third-order valence-corrected chi connectivity index (χ3v) is 8.43. The standard InChI is InChI=1S/C33H41F3N4/c1-25-5-9-27(10-6-25)32(28-11-7-26(2)8-12-28)40-21-18-38(19-22-40)24-29-23-30(13-14-31(29)33(34,35)36)39-16-4-15-37(3)17-20-39/h5-14,23,32H,4,15-22,24H2,1-3H3. The molecule has 0 unspecified atom stereocenters. The zero-order valence-electron chi connectivity index (χ0n) is 23.9. The Morgan fingerprint density at radius 2 is 1.30 bits per heavy atom. The van der Waals surface area contributed by atoms with Gasteiger partial charge in [-0.2, -0.15) is 13.2 Å². The molecule has 4 nitrogen and oxygen atoms in total. The number of benzene rings is 3. The van der Waals surface area contributed by atoms with E-state index < -0.39 is 11.7 Å². The number of alkyl halides is 3. The molecule has 0 aliphatic carbocycles. The van der Waals surface area contributed by atoms with Crippen LogP contribution in [0.5, 0.6) is 0 Å². The van der Waals surface area contributed by atoms with Crippen LogP contribution >= 0.6 is 0 Å². The van der Waals surface area contributed by atoms with Gasteiger partial charge in [-0.05, 0) is 68.8 Å². The van der Waals surface area contributed by atoms with E-state index in [9.17, 15) is 13.2 Å². The molecule has 0 N–H and O–H groups in total. The number of nitrogens with zero attached hydrogens (tertiary/aromatic N) is 4. The average Bonchev–Trinajstić information content (AvgIpc) is 3.15. The summed E-state index contributed by atoms with van der Waals surface area (Å²) in [6.07, 6.45) is -3.35. The van der Waals surface area contributed by atoms with Gasteiger partial charge < -0.3 is 9.80 Å². The number of hydrogen-bond acceptors (Lipinski definition) is 4. The molecular formula is C33H41F3N4. The predicted octanol–water partition coefficient (Wildman–Crippen LogP) is 6.37. The minimum Gasteiger partial charge on any atom is -0.370 e. The Morgan fingerprint density at radius 1 is 0.700 bits per heavy atom. The lowest BCUT2D eigenvalue weighted by Crippen LogP contribution is -2.47. The van der Waals surface area contributed by atoms with Crippen molar-refractivity contribution in [2.24, 2.45) is 0 Å². The summed E-state index contributed by atoms with van der Waals surface area (Å²) in [4.78, 5) is 9.17. The van der Waals surface area contributed by atoms with Crippen molar-refractivity contribution >= 4 is 5.69 Å². The van der Waals surface area contributed by atoms with E-state index in [1.165, 1.54) is 28.3 Å². The second-order valence-electron chi connectivity index (χ2n) is 11.5. The van der Waals surface area contributed by atoms with Crippen LogP contribution in [-0.2, 0) is 12.7 Å². The smallest absolute Gasteiger partial charge is 0.370 e. The number of piperazine rings is 1. The van der Waals surface area contributed by atoms with Crippen LogP contribution in [0, 0.1) is 13.8 Å². The first kappa shape index (κ1) is 28.7. The Kier molecular flexibility index (Phi) is 8.83. The third-order valence-electron chi connectivity index (χ3n) is 8.43. The van der Waals surface area contributed by atoms with E-state index in [4.69, 9.17) is 0 Å². The zero-order valence-corrected chi connectivity index (χ0v) is 23.9. The summed E-state index contributed by atoms with van der Waals surface area (Å²) in [7, 11) is 2.10. The lowest BCUT2D eigenvalue weighted by Gasteiger charge is -2.40. The molecule has 0 saturated carbocycles. The maximum atomic E-state index is 14.0. The lowest BCUT2D eigenvalue weighted by atomic mass is 9.95. The molecule has 0 atom stereocenters. The molecule has 3 aromatic carbocycles. The molecule has 5 rings (SSSR count). The molecule has 7 heteroatoms. The van der Waals surface area contributed by atoms with E-state index in [0.29, 0.717) is 12.1 Å². The maximum Gasteiger partial charge on any atom is 0.416 e. The highest BCUT2D eigenvalue weighted by atomic mass is 19.4. The van der Waals surface area contributed by atoms with Crippen molar-refractivity contribution in [3.05, 3.63) is 100 Å². The predicted molar refractivity (Wildman–Crippen MR) is 157 cm³/mol. The summed E-state index contributed by atoms with van der Waals surface area (Å²) in [6, 6.07) is 22.3. The number of halogens is 3. The van der Waals surface area contributed by atoms with Gasteiger partial charge in [0.2, 0.25) is 0 Å². The first-order valence-electron chi connectivity index (χ1n) is 14.4. The zero-order chi connectivity index (χ0) is 28.3. The first-order chi connectivity index (χ1) is 19.2. The molecule has 2 heterocycles. The van der Waals surface area contributed by atoms with E-state index in [1.807, 2.05) is 0 Å². The van der Waals surface area contributed by atoms with Gasteiger partial charge >= 0.3 is 6.18 Å². The Morgan fingerprint density at radius 3 is 1.88 bits per heavy atom. The number of hydrogen-bond donors (Lipinski definition) is 0. The minimum atomic E-state index is -4.36. The average molecular weight is 551 g/mol. The SMILES string of the molecule is Cc1ccc(C(c2ccc(C)cc2)N2CCN(Cc3cc(N4CCCN(C)CC4)ccc3C(F)(F)F)CC2)cc1. The topological polar surface area (TPSA) is 13.0 Å². The Bertz CT molecular complexity index is 1200. The molecule has 214 valence electrons. The molecule has 2 fully saturated rings. The number of anilines is 1. The van der Waals surface area contributed by atoms with Crippen LogP contribution in [0.4, 0.5) is 18.9 Å². The highest BCUT2D eigenvalue weighted by Gasteiger charge is 2.35. The Balaban J connectivity index is 1.33. The molecule has 2 aliphatic rings. The van der Waals surface area contributed by atoms with Crippen molar-refractivity contribution in [1.29, 1.82) is 0 Å². The molecular weight excluding hydrogens is 509 g/mol. The maximum absolute atomic E-state index is 14.0. The number of aryl methyl sites for hydroxylation is 2. The van der Waals surface area contributed by atoms with Gasteiger partial charge in [0, 0.05) is 58.0 Å². The fourth-order valence-electron chi connectivity index (χ4n) is 6.02. The van der Waals surface area contributed by atoms with Crippen molar-refractivity contribution in [3.8, 4) is 0 Å². The Labute approximate surface area is 237 Å². The van der Waals surface area contributed by atoms with Gasteiger partial charge in [0.25, 0.3) is 0 Å². The van der Waals surface area contributed by atoms with Crippen molar-refractivity contribution < 1.29 is 13.2 Å². The molecule has 40 heavy (non-hydrogen) atoms. The highest BCUT2D eigenvalue weighted by Crippen LogP contribution is 2.36. The normalized spacial score (nSPS) is 18.3. The van der Waals surface area contributed by atoms with E-state index >= 15 is 0 Å². The molecule has 2 saturated heterocycles. The van der Waals surface area contributed by atoms with E-state index in [1.54, 1.807) is 12.1 Å². The second-order valence-corrected chi connectivity index (χ2v) is 11.5. The summed E-state index contributed by atoms with van der Waals surface area (Å²) < 4.78 is 42.1. The molecule has 2 aliphatic heterocycles. The van der Waals surface area contributed by atoms with Gasteiger partial charge in [0.15, 0.2) is 0 Å². The molecule has 0 spiro atoms. The number of rotatable bonds is 6. The summed E-state index contributed by atoms with van der Waals surface area (Å²) >= 11 is 0. The van der Waals surface area contributed by atoms with Gasteiger partial charge in [-0.25, -0.2) is 0 Å². The Hall–Kier alpha value is -2.87. The largest absolute Gasteiger partial charge is 0.416 e. The van der Waals surface area contributed by atoms with Crippen molar-refractivity contribution in [1.82, 2.24) is 14.7 Å². The van der Waals surface area contributed by atoms with Gasteiger partial charge in [0.05, 0.1) is 11.6 Å². The van der Waals surface area contributed by atoms with Crippen LogP contribution < -0.4 is 4.90 Å². The summed E-state index contributed by atoms with van der Waals surface area (Å²) in [5.41, 5.74) is 5.72. The highest BCUT2D eigenvalue weighted by molar-refractivity contribution is 5.52. The quantitative estimate of drug-likeness (QED) is 0.354. The minimum absolute atomic E-state index is 0.124. The van der Waals surface area contributed by atoms with Crippen molar-refractivity contribution in [2.75, 3.05) is 64.3 Å². The van der Waals surface area contributed by atoms with Crippen molar-refractivity contribution in [3.63, 3.8) is 0 Å². The van der Waals surface area contributed by atoms with E-state index in [0.717, 1.165) is 64.5 Å². The fourth-order valence-corrected chi connectivity index (χ4v) is 6.02. The molecule has 0 radical (unpaired) electrons. The fraction of sp³-hybridized carbons (Fsp3) is 0.455. The summed E-state index contributed by atoms with van der Waals surface area (Å²) in [5.74, 6) is 0. The van der Waals surface area contributed by atoms with Crippen LogP contribution in [0.3, 0.4) is 0 Å². The van der Waals surface area contributed by atoms with E-state index in [2.05, 4.69) is 89.0 Å². The molecule has 3 aromatic rings. The van der Waals surface area contributed by atoms with Crippen LogP contribution in [0.1, 0.15) is 45.8 Å². The molecule has 0 aromatic heterocycles. The second kappa shape index (κ2) is 12.3. The number of likely N-dealkylation sites (N-methyl/N-ethyl adjacent to an activating group) is 1. The van der Waals surface area contributed by atoms with Gasteiger partial charge in [-0.3, -0.25) is 9.80 Å². The monoisotopic (exact) mass is 550 g/mol. The summed E-state index contributed by atoms with van der Waals surface area (Å²) in [5, 5.41) is 0. The summed E-state index contributed by atoms with van der Waals surface area (Å²) in [6.45, 7) is 11.2. The molecule has 0 bridgehead atoms. The van der Waals surface area contributed by atoms with Gasteiger partial charge in [-0.15, -0.1) is 0 Å². The van der Waals surface area contributed by atoms with Crippen molar-refractivity contribution in [2.45, 2.75) is 39.0 Å². The van der Waals surface area contributed by atoms with Gasteiger partial charge in [0.1, 0.15) is 0 Å². The van der Waals surface area contributed by atoms with E-state index in [-0.39, 0.29) is 6.04 Å². The van der Waals surface area contributed by atoms with Crippen LogP contribution in [-0.4, -0.2) is 74.1 Å². The van der Waals surface area contributed by atoms with Gasteiger partial charge in [-0.1, -0.05) is 59.7 Å². The third kappa shape index (κ3) is 6.88. The van der Waals surface area contributed by atoms with Crippen LogP contribution in [0.25, 0.3) is 0 Å².